The van der Waals surface area contributed by atoms with Crippen LogP contribution in [0.4, 0.5) is 11.4 Å². The Bertz CT molecular complexity index is 822. The molecule has 0 radical (unpaired) electrons. The molecule has 0 unspecified atom stereocenters. The van der Waals surface area contributed by atoms with Crippen molar-refractivity contribution in [2.75, 3.05) is 29.6 Å². The third kappa shape index (κ3) is 5.23. The summed E-state index contributed by atoms with van der Waals surface area (Å²) in [6, 6.07) is 5.40. The molecule has 2 amide bonds. The lowest BCUT2D eigenvalue weighted by Crippen LogP contribution is -2.24. The lowest BCUT2D eigenvalue weighted by atomic mass is 10.2. The number of amides is 2. The number of thioether (sulfide) groups is 1. The van der Waals surface area contributed by atoms with Crippen molar-refractivity contribution < 1.29 is 14.3 Å². The molecule has 8 heteroatoms. The van der Waals surface area contributed by atoms with Gasteiger partial charge in [-0.1, -0.05) is 0 Å². The summed E-state index contributed by atoms with van der Waals surface area (Å²) in [5.41, 5.74) is 2.46. The van der Waals surface area contributed by atoms with Crippen molar-refractivity contribution in [2.45, 2.75) is 31.9 Å². The van der Waals surface area contributed by atoms with Gasteiger partial charge in [0, 0.05) is 42.0 Å². The molecule has 2 aromatic rings. The summed E-state index contributed by atoms with van der Waals surface area (Å²) in [5, 5.41) is 6.04. The Morgan fingerprint density at radius 3 is 2.96 bits per heavy atom. The van der Waals surface area contributed by atoms with E-state index < -0.39 is 0 Å². The third-order valence-electron chi connectivity index (χ3n) is 4.22. The van der Waals surface area contributed by atoms with Crippen LogP contribution in [0.1, 0.15) is 30.0 Å². The van der Waals surface area contributed by atoms with Crippen molar-refractivity contribution in [1.82, 2.24) is 4.98 Å². The minimum absolute atomic E-state index is 0.0409. The summed E-state index contributed by atoms with van der Waals surface area (Å²) in [7, 11) is 1.58. The van der Waals surface area contributed by atoms with Gasteiger partial charge in [0.25, 0.3) is 0 Å². The summed E-state index contributed by atoms with van der Waals surface area (Å²) >= 11 is 3.34. The molecule has 0 atom stereocenters. The second-order valence-electron chi connectivity index (χ2n) is 6.24. The Morgan fingerprint density at radius 1 is 1.44 bits per heavy atom. The number of benzene rings is 1. The minimum Gasteiger partial charge on any atom is -0.495 e. The Morgan fingerprint density at radius 2 is 2.30 bits per heavy atom. The number of aromatic nitrogens is 1. The van der Waals surface area contributed by atoms with Crippen molar-refractivity contribution in [3.63, 3.8) is 0 Å². The van der Waals surface area contributed by atoms with Gasteiger partial charge in [-0.15, -0.1) is 11.3 Å². The fourth-order valence-corrected chi connectivity index (χ4v) is 4.47. The molecule has 27 heavy (non-hydrogen) atoms. The van der Waals surface area contributed by atoms with E-state index in [1.54, 1.807) is 47.2 Å². The predicted molar refractivity (Wildman–Crippen MR) is 111 cm³/mol. The number of anilines is 2. The maximum atomic E-state index is 12.2. The molecule has 6 nitrogen and oxygen atoms in total. The number of methoxy groups -OCH3 is 1. The number of nitrogens with zero attached hydrogens (tertiary/aromatic N) is 2. The highest BCUT2D eigenvalue weighted by Crippen LogP contribution is 2.34. The zero-order chi connectivity index (χ0) is 19.2. The average molecular weight is 406 g/mol. The zero-order valence-electron chi connectivity index (χ0n) is 15.5. The van der Waals surface area contributed by atoms with Crippen molar-refractivity contribution in [1.29, 1.82) is 0 Å². The van der Waals surface area contributed by atoms with Crippen LogP contribution >= 0.6 is 23.1 Å². The monoisotopic (exact) mass is 405 g/mol. The fourth-order valence-electron chi connectivity index (χ4n) is 2.92. The van der Waals surface area contributed by atoms with Crippen LogP contribution in [0, 0.1) is 6.92 Å². The van der Waals surface area contributed by atoms with E-state index in [1.807, 2.05) is 13.0 Å². The van der Waals surface area contributed by atoms with Crippen LogP contribution in [0.2, 0.25) is 0 Å². The topological polar surface area (TPSA) is 71.5 Å². The summed E-state index contributed by atoms with van der Waals surface area (Å²) in [6.07, 6.45) is 1.82. The van der Waals surface area contributed by atoms with E-state index in [4.69, 9.17) is 4.74 Å². The lowest BCUT2D eigenvalue weighted by Gasteiger charge is -2.20. The molecule has 1 aliphatic heterocycles. The highest BCUT2D eigenvalue weighted by atomic mass is 32.2. The Hall–Kier alpha value is -2.06. The predicted octanol–water partition coefficient (Wildman–Crippen LogP) is 3.85. The number of carbonyl (C=O) groups excluding carboxylic acids is 2. The van der Waals surface area contributed by atoms with Gasteiger partial charge >= 0.3 is 0 Å². The number of nitrogens with one attached hydrogen (secondary N) is 1. The minimum atomic E-state index is -0.0409. The molecular weight excluding hydrogens is 382 g/mol. The summed E-state index contributed by atoms with van der Waals surface area (Å²) in [6.45, 7) is 2.67. The van der Waals surface area contributed by atoms with Crippen LogP contribution in [0.15, 0.2) is 23.6 Å². The van der Waals surface area contributed by atoms with E-state index in [2.05, 4.69) is 15.7 Å². The second kappa shape index (κ2) is 9.23. The number of ether oxygens (including phenoxy) is 1. The third-order valence-corrected chi connectivity index (χ3v) is 6.03. The number of rotatable bonds is 8. The molecule has 1 fully saturated rings. The van der Waals surface area contributed by atoms with Gasteiger partial charge in [0.2, 0.25) is 11.8 Å². The molecule has 0 aliphatic carbocycles. The molecule has 1 N–H and O–H groups in total. The molecule has 1 aromatic carbocycles. The van der Waals surface area contributed by atoms with Gasteiger partial charge in [0.05, 0.1) is 23.5 Å². The largest absolute Gasteiger partial charge is 0.495 e. The molecule has 2 heterocycles. The Kier molecular flexibility index (Phi) is 6.73. The van der Waals surface area contributed by atoms with E-state index in [9.17, 15) is 9.59 Å². The first-order chi connectivity index (χ1) is 13.1. The van der Waals surface area contributed by atoms with E-state index in [0.29, 0.717) is 36.5 Å². The normalized spacial score (nSPS) is 13.9. The van der Waals surface area contributed by atoms with Crippen LogP contribution in [0.3, 0.4) is 0 Å². The van der Waals surface area contributed by atoms with Crippen LogP contribution in [-0.4, -0.2) is 36.2 Å². The van der Waals surface area contributed by atoms with Crippen molar-refractivity contribution >= 4 is 46.3 Å². The molecule has 1 saturated heterocycles. The molecule has 0 spiro atoms. The Balaban J connectivity index is 1.53. The highest BCUT2D eigenvalue weighted by molar-refractivity contribution is 7.98. The summed E-state index contributed by atoms with van der Waals surface area (Å²) < 4.78 is 5.37. The lowest BCUT2D eigenvalue weighted by molar-refractivity contribution is -0.117. The van der Waals surface area contributed by atoms with Gasteiger partial charge in [-0.05, 0) is 31.5 Å². The first-order valence-electron chi connectivity index (χ1n) is 8.84. The van der Waals surface area contributed by atoms with E-state index in [-0.39, 0.29) is 11.8 Å². The van der Waals surface area contributed by atoms with Gasteiger partial charge in [-0.3, -0.25) is 9.59 Å². The van der Waals surface area contributed by atoms with Gasteiger partial charge in [0.15, 0.2) is 0 Å². The van der Waals surface area contributed by atoms with E-state index >= 15 is 0 Å². The first kappa shape index (κ1) is 19.7. The van der Waals surface area contributed by atoms with Crippen LogP contribution < -0.4 is 15.0 Å². The fraction of sp³-hybridized carbons (Fsp3) is 0.421. The van der Waals surface area contributed by atoms with E-state index in [1.165, 1.54) is 0 Å². The molecule has 1 aliphatic rings. The van der Waals surface area contributed by atoms with Gasteiger partial charge in [-0.25, -0.2) is 4.98 Å². The van der Waals surface area contributed by atoms with Gasteiger partial charge < -0.3 is 15.0 Å². The van der Waals surface area contributed by atoms with Gasteiger partial charge in [-0.2, -0.15) is 11.8 Å². The number of hydrogen-bond donors (Lipinski definition) is 1. The Labute approximate surface area is 167 Å². The standard InChI is InChI=1S/C19H23N3O3S2/c1-13-20-15(12-27-13)11-26-9-7-18(23)21-14-5-6-17(25-2)16(10-14)22-8-3-4-19(22)24/h5-6,10,12H,3-4,7-9,11H2,1-2H3,(H,21,23). The van der Waals surface area contributed by atoms with Crippen LogP contribution in [0.5, 0.6) is 5.75 Å². The summed E-state index contributed by atoms with van der Waals surface area (Å²) in [4.78, 5) is 30.4. The molecular formula is C19H23N3O3S2. The average Bonchev–Trinajstić information content (AvgIpc) is 3.26. The van der Waals surface area contributed by atoms with Gasteiger partial charge in [0.1, 0.15) is 5.75 Å². The van der Waals surface area contributed by atoms with Crippen LogP contribution in [0.25, 0.3) is 0 Å². The van der Waals surface area contributed by atoms with Crippen LogP contribution in [-0.2, 0) is 15.3 Å². The highest BCUT2D eigenvalue weighted by Gasteiger charge is 2.24. The number of thiazole rings is 1. The van der Waals surface area contributed by atoms with Crippen molar-refractivity contribution in [3.05, 3.63) is 34.3 Å². The number of aryl methyl sites for hydroxylation is 1. The van der Waals surface area contributed by atoms with Crippen molar-refractivity contribution in [3.8, 4) is 5.75 Å². The number of carbonyl (C=O) groups is 2. The second-order valence-corrected chi connectivity index (χ2v) is 8.41. The molecule has 144 valence electrons. The maximum Gasteiger partial charge on any atom is 0.227 e. The number of hydrogen-bond acceptors (Lipinski definition) is 6. The molecule has 0 saturated carbocycles. The quantitative estimate of drug-likeness (QED) is 0.676. The molecule has 1 aromatic heterocycles. The van der Waals surface area contributed by atoms with E-state index in [0.717, 1.165) is 28.6 Å². The molecule has 0 bridgehead atoms. The maximum absolute atomic E-state index is 12.2. The molecule has 3 rings (SSSR count). The smallest absolute Gasteiger partial charge is 0.227 e. The summed E-state index contributed by atoms with van der Waals surface area (Å²) in [5.74, 6) is 2.24. The zero-order valence-corrected chi connectivity index (χ0v) is 17.1. The van der Waals surface area contributed by atoms with Crippen molar-refractivity contribution in [2.24, 2.45) is 0 Å². The first-order valence-corrected chi connectivity index (χ1v) is 10.9. The SMILES string of the molecule is COc1ccc(NC(=O)CCSCc2csc(C)n2)cc1N1CCCC1=O.